The van der Waals surface area contributed by atoms with Crippen LogP contribution in [0.3, 0.4) is 0 Å². The summed E-state index contributed by atoms with van der Waals surface area (Å²) in [5, 5.41) is 20.4. The molecule has 0 spiro atoms. The maximum Gasteiger partial charge on any atom is 0.0799 e. The third kappa shape index (κ3) is 25.5. The van der Waals surface area contributed by atoms with Gasteiger partial charge in [-0.25, -0.2) is 0 Å². The molecule has 0 fully saturated rings. The summed E-state index contributed by atoms with van der Waals surface area (Å²) < 4.78 is 0. The van der Waals surface area contributed by atoms with Gasteiger partial charge in [0.25, 0.3) is 0 Å². The van der Waals surface area contributed by atoms with Gasteiger partial charge in [-0.05, 0) is 77.0 Å². The van der Waals surface area contributed by atoms with Gasteiger partial charge in [0.15, 0.2) is 0 Å². The Morgan fingerprint density at radius 1 is 0.412 bits per heavy atom. The van der Waals surface area contributed by atoms with E-state index in [1.165, 1.54) is 64.2 Å². The maximum absolute atomic E-state index is 10.2. The zero-order valence-corrected chi connectivity index (χ0v) is 22.8. The highest BCUT2D eigenvalue weighted by atomic mass is 16.3. The number of hydrogen-bond acceptors (Lipinski definition) is 2. The second kappa shape index (κ2) is 28.1. The lowest BCUT2D eigenvalue weighted by molar-refractivity contribution is 0.00718. The van der Waals surface area contributed by atoms with Gasteiger partial charge in [-0.2, -0.15) is 0 Å². The van der Waals surface area contributed by atoms with Crippen LogP contribution < -0.4 is 0 Å². The fourth-order valence-electron chi connectivity index (χ4n) is 4.01. The van der Waals surface area contributed by atoms with Crippen molar-refractivity contribution < 1.29 is 10.2 Å². The first-order chi connectivity index (χ1) is 16.7. The van der Waals surface area contributed by atoms with Crippen molar-refractivity contribution in [3.8, 4) is 0 Å². The minimum atomic E-state index is -0.558. The van der Waals surface area contributed by atoms with Crippen LogP contribution in [0.25, 0.3) is 0 Å². The molecule has 0 aliphatic carbocycles. The van der Waals surface area contributed by atoms with Crippen molar-refractivity contribution in [1.82, 2.24) is 0 Å². The lowest BCUT2D eigenvalue weighted by atomic mass is 10.00. The molecule has 0 rings (SSSR count). The number of allylic oxidation sites excluding steroid dienone is 8. The minimum absolute atomic E-state index is 0.558. The molecule has 0 saturated heterocycles. The van der Waals surface area contributed by atoms with Crippen LogP contribution in [0.2, 0.25) is 0 Å². The van der Waals surface area contributed by atoms with E-state index >= 15 is 0 Å². The van der Waals surface area contributed by atoms with E-state index in [0.29, 0.717) is 0 Å². The van der Waals surface area contributed by atoms with Crippen LogP contribution in [0, 0.1) is 0 Å². The van der Waals surface area contributed by atoms with Gasteiger partial charge in [0, 0.05) is 0 Å². The third-order valence-corrected chi connectivity index (χ3v) is 6.35. The van der Waals surface area contributed by atoms with Gasteiger partial charge in [-0.3, -0.25) is 0 Å². The molecule has 0 radical (unpaired) electrons. The van der Waals surface area contributed by atoms with E-state index in [1.54, 1.807) is 0 Å². The van der Waals surface area contributed by atoms with Crippen molar-refractivity contribution in [3.05, 3.63) is 48.6 Å². The van der Waals surface area contributed by atoms with E-state index in [2.05, 4.69) is 62.5 Å². The number of aliphatic hydroxyl groups excluding tert-OH is 2. The molecule has 0 aromatic heterocycles. The molecule has 2 unspecified atom stereocenters. The van der Waals surface area contributed by atoms with Crippen LogP contribution in [-0.2, 0) is 0 Å². The summed E-state index contributed by atoms with van der Waals surface area (Å²) >= 11 is 0. The van der Waals surface area contributed by atoms with E-state index < -0.39 is 12.2 Å². The molecule has 0 amide bonds. The first-order valence-corrected chi connectivity index (χ1v) is 14.7. The Bertz CT molecular complexity index is 457. The standard InChI is InChI=1S/C32H58O2/c1-3-5-7-9-11-13-15-17-19-21-23-25-27-29-31(33)32(34)30-28-26-24-22-20-18-16-14-12-10-8-6-4-2/h11-14,17-20,31-34H,3-10,15-16,21-30H2,1-2H3/b13-11-,14-12-,19-17-,20-18-. The predicted octanol–water partition coefficient (Wildman–Crippen LogP) is 9.77. The summed E-state index contributed by atoms with van der Waals surface area (Å²) in [6.07, 6.45) is 39.8. The normalized spacial score (nSPS) is 14.4. The smallest absolute Gasteiger partial charge is 0.0799 e. The average molecular weight is 475 g/mol. The first kappa shape index (κ1) is 32.9. The van der Waals surface area contributed by atoms with E-state index in [0.717, 1.165) is 64.2 Å². The Morgan fingerprint density at radius 3 is 1.06 bits per heavy atom. The monoisotopic (exact) mass is 474 g/mol. The molecule has 0 bridgehead atoms. The molecule has 2 N–H and O–H groups in total. The fourth-order valence-corrected chi connectivity index (χ4v) is 4.01. The number of hydrogen-bond donors (Lipinski definition) is 2. The first-order valence-electron chi connectivity index (χ1n) is 14.7. The molecule has 0 saturated carbocycles. The van der Waals surface area contributed by atoms with E-state index in [4.69, 9.17) is 0 Å². The summed E-state index contributed by atoms with van der Waals surface area (Å²) in [6, 6.07) is 0. The molecule has 0 aliphatic rings. The van der Waals surface area contributed by atoms with Crippen LogP contribution >= 0.6 is 0 Å². The molecular weight excluding hydrogens is 416 g/mol. The average Bonchev–Trinajstić information content (AvgIpc) is 2.84. The number of aliphatic hydroxyl groups is 2. The Balaban J connectivity index is 3.49. The van der Waals surface area contributed by atoms with Gasteiger partial charge in [0.1, 0.15) is 0 Å². The van der Waals surface area contributed by atoms with Gasteiger partial charge < -0.3 is 10.2 Å². The van der Waals surface area contributed by atoms with Crippen LogP contribution in [0.15, 0.2) is 48.6 Å². The maximum atomic E-state index is 10.2. The topological polar surface area (TPSA) is 40.5 Å². The Kier molecular flexibility index (Phi) is 27.2. The van der Waals surface area contributed by atoms with Crippen LogP contribution in [0.4, 0.5) is 0 Å². The molecule has 198 valence electrons. The van der Waals surface area contributed by atoms with Gasteiger partial charge in [-0.1, -0.05) is 114 Å². The van der Waals surface area contributed by atoms with Crippen LogP contribution in [-0.4, -0.2) is 22.4 Å². The highest BCUT2D eigenvalue weighted by Crippen LogP contribution is 2.14. The predicted molar refractivity (Wildman–Crippen MR) is 152 cm³/mol. The van der Waals surface area contributed by atoms with Gasteiger partial charge in [0.2, 0.25) is 0 Å². The zero-order valence-electron chi connectivity index (χ0n) is 22.8. The molecule has 0 aromatic rings. The molecule has 0 aromatic carbocycles. The van der Waals surface area contributed by atoms with Gasteiger partial charge >= 0.3 is 0 Å². The minimum Gasteiger partial charge on any atom is -0.390 e. The lowest BCUT2D eigenvalue weighted by Crippen LogP contribution is -2.25. The van der Waals surface area contributed by atoms with Crippen molar-refractivity contribution in [3.63, 3.8) is 0 Å². The Hall–Kier alpha value is -1.12. The molecule has 2 atom stereocenters. The second-order valence-electron chi connectivity index (χ2n) is 9.76. The lowest BCUT2D eigenvalue weighted by Gasteiger charge is -2.17. The largest absolute Gasteiger partial charge is 0.390 e. The van der Waals surface area contributed by atoms with Crippen LogP contribution in [0.1, 0.15) is 142 Å². The van der Waals surface area contributed by atoms with E-state index in [-0.39, 0.29) is 0 Å². The summed E-state index contributed by atoms with van der Waals surface area (Å²) in [7, 11) is 0. The Labute approximate surface area is 213 Å². The third-order valence-electron chi connectivity index (χ3n) is 6.35. The van der Waals surface area contributed by atoms with E-state index in [1.807, 2.05) is 0 Å². The molecule has 2 nitrogen and oxygen atoms in total. The summed E-state index contributed by atoms with van der Waals surface area (Å²) in [5.74, 6) is 0. The SMILES string of the molecule is CCCCC/C=C\C/C=C\CCCCCC(O)C(O)CCCCC/C=C\C/C=C\CCCCC. The zero-order chi connectivity index (χ0) is 25.0. The quantitative estimate of drug-likeness (QED) is 0.102. The second-order valence-corrected chi connectivity index (χ2v) is 9.76. The van der Waals surface area contributed by atoms with Crippen molar-refractivity contribution in [2.45, 2.75) is 154 Å². The molecule has 0 aliphatic heterocycles. The van der Waals surface area contributed by atoms with Crippen molar-refractivity contribution >= 4 is 0 Å². The van der Waals surface area contributed by atoms with Crippen molar-refractivity contribution in [2.24, 2.45) is 0 Å². The summed E-state index contributed by atoms with van der Waals surface area (Å²) in [5.41, 5.74) is 0. The highest BCUT2D eigenvalue weighted by molar-refractivity contribution is 4.93. The summed E-state index contributed by atoms with van der Waals surface area (Å²) in [6.45, 7) is 4.49. The summed E-state index contributed by atoms with van der Waals surface area (Å²) in [4.78, 5) is 0. The van der Waals surface area contributed by atoms with E-state index in [9.17, 15) is 10.2 Å². The fraction of sp³-hybridized carbons (Fsp3) is 0.750. The molecule has 2 heteroatoms. The van der Waals surface area contributed by atoms with Crippen LogP contribution in [0.5, 0.6) is 0 Å². The number of rotatable bonds is 25. The van der Waals surface area contributed by atoms with Crippen molar-refractivity contribution in [1.29, 1.82) is 0 Å². The molecule has 34 heavy (non-hydrogen) atoms. The molecule has 0 heterocycles. The number of unbranched alkanes of at least 4 members (excludes halogenated alkanes) is 12. The highest BCUT2D eigenvalue weighted by Gasteiger charge is 2.14. The van der Waals surface area contributed by atoms with Gasteiger partial charge in [-0.15, -0.1) is 0 Å². The van der Waals surface area contributed by atoms with Crippen molar-refractivity contribution in [2.75, 3.05) is 0 Å². The molecular formula is C32H58O2. The Morgan fingerprint density at radius 2 is 0.735 bits per heavy atom. The van der Waals surface area contributed by atoms with Gasteiger partial charge in [0.05, 0.1) is 12.2 Å².